The molecule has 2 aromatic carbocycles. The summed E-state index contributed by atoms with van der Waals surface area (Å²) < 4.78 is 32.7. The second-order valence-corrected chi connectivity index (χ2v) is 10.9. The van der Waals surface area contributed by atoms with Gasteiger partial charge >= 0.3 is 0 Å². The number of alkyl halides is 2. The third-order valence-electron chi connectivity index (χ3n) is 7.83. The van der Waals surface area contributed by atoms with Crippen LogP contribution in [0.5, 0.6) is 5.75 Å². The molecule has 39 heavy (non-hydrogen) atoms. The topological polar surface area (TPSA) is 93.7 Å². The van der Waals surface area contributed by atoms with Crippen LogP contribution >= 0.6 is 0 Å². The van der Waals surface area contributed by atoms with Crippen molar-refractivity contribution in [1.29, 1.82) is 0 Å². The van der Waals surface area contributed by atoms with Crippen molar-refractivity contribution in [1.82, 2.24) is 15.5 Å². The van der Waals surface area contributed by atoms with E-state index in [9.17, 15) is 23.6 Å². The van der Waals surface area contributed by atoms with Crippen LogP contribution in [0.25, 0.3) is 0 Å². The number of hydrogen-bond acceptors (Lipinski definition) is 5. The molecule has 10 heteroatoms. The summed E-state index contributed by atoms with van der Waals surface area (Å²) in [5.41, 5.74) is 1.79. The number of likely N-dealkylation sites (N-methyl/N-ethyl adjacent to an activating group) is 1. The van der Waals surface area contributed by atoms with Gasteiger partial charge in [-0.05, 0) is 42.0 Å². The lowest BCUT2D eigenvalue weighted by molar-refractivity contribution is -0.874. The molecule has 2 aromatic rings. The highest BCUT2D eigenvalue weighted by atomic mass is 19.3. The van der Waals surface area contributed by atoms with Crippen LogP contribution < -0.4 is 15.4 Å². The number of nitrogens with one attached hydrogen (secondary N) is 2. The number of aryl methyl sites for hydroxylation is 1. The zero-order chi connectivity index (χ0) is 28.0. The fourth-order valence-electron chi connectivity index (χ4n) is 5.60. The molecule has 2 aliphatic rings. The number of carbonyl (C=O) groups is 2. The average Bonchev–Trinajstić information content (AvgIpc) is 3.45. The maximum Gasteiger partial charge on any atom is 0.249 e. The summed E-state index contributed by atoms with van der Waals surface area (Å²) >= 11 is 0. The van der Waals surface area contributed by atoms with Crippen molar-refractivity contribution in [2.45, 2.75) is 56.7 Å². The number of methoxy groups -OCH3 is 1. The molecule has 1 saturated carbocycles. The van der Waals surface area contributed by atoms with E-state index in [0.29, 0.717) is 12.2 Å². The van der Waals surface area contributed by atoms with Gasteiger partial charge in [0.05, 0.1) is 20.7 Å². The SMILES string of the molecule is COc1ccc(CCC(=O)N(CC2CCC(F)(F)C2)C(C(=O)NCc2ccccc2)C2CNC[N+]2(C)[O-])cc1. The third kappa shape index (κ3) is 7.52. The minimum Gasteiger partial charge on any atom is -0.632 e. The van der Waals surface area contributed by atoms with Gasteiger partial charge in [-0.15, -0.1) is 0 Å². The number of nitrogens with zero attached hydrogens (tertiary/aromatic N) is 2. The summed E-state index contributed by atoms with van der Waals surface area (Å²) in [6.45, 7) is 0.584. The number of rotatable bonds is 11. The Morgan fingerprint density at radius 2 is 1.90 bits per heavy atom. The number of hydrogen-bond donors (Lipinski definition) is 2. The van der Waals surface area contributed by atoms with E-state index in [-0.39, 0.29) is 57.9 Å². The number of halogens is 2. The first-order valence-electron chi connectivity index (χ1n) is 13.5. The molecular weight excluding hydrogens is 506 g/mol. The van der Waals surface area contributed by atoms with Gasteiger partial charge in [0.1, 0.15) is 18.5 Å². The second-order valence-electron chi connectivity index (χ2n) is 10.9. The highest BCUT2D eigenvalue weighted by Gasteiger charge is 2.48. The van der Waals surface area contributed by atoms with E-state index in [2.05, 4.69) is 10.6 Å². The first-order chi connectivity index (χ1) is 18.6. The number of benzene rings is 2. The molecule has 0 spiro atoms. The van der Waals surface area contributed by atoms with E-state index in [1.165, 1.54) is 11.9 Å². The van der Waals surface area contributed by atoms with Gasteiger partial charge in [-0.1, -0.05) is 42.5 Å². The Labute approximate surface area is 228 Å². The molecule has 0 bridgehead atoms. The molecule has 1 aliphatic carbocycles. The Balaban J connectivity index is 1.58. The van der Waals surface area contributed by atoms with Crippen LogP contribution in [-0.2, 0) is 22.6 Å². The van der Waals surface area contributed by atoms with Crippen molar-refractivity contribution < 1.29 is 27.8 Å². The molecule has 2 N–H and O–H groups in total. The van der Waals surface area contributed by atoms with Crippen molar-refractivity contribution in [2.24, 2.45) is 5.92 Å². The van der Waals surface area contributed by atoms with E-state index in [4.69, 9.17) is 4.74 Å². The Hall–Kier alpha value is -3.08. The van der Waals surface area contributed by atoms with Crippen LogP contribution in [0.15, 0.2) is 54.6 Å². The number of amides is 2. The van der Waals surface area contributed by atoms with Crippen LogP contribution in [-0.4, -0.2) is 73.3 Å². The van der Waals surface area contributed by atoms with Gasteiger partial charge in [0.15, 0.2) is 6.04 Å². The van der Waals surface area contributed by atoms with Crippen LogP contribution in [0.4, 0.5) is 8.78 Å². The molecule has 2 amide bonds. The summed E-state index contributed by atoms with van der Waals surface area (Å²) in [5.74, 6) is -3.31. The minimum atomic E-state index is -2.79. The zero-order valence-corrected chi connectivity index (χ0v) is 22.6. The normalized spacial score (nSPS) is 24.7. The summed E-state index contributed by atoms with van der Waals surface area (Å²) in [5, 5.41) is 19.3. The molecule has 2 fully saturated rings. The van der Waals surface area contributed by atoms with Gasteiger partial charge in [-0.25, -0.2) is 8.78 Å². The fraction of sp³-hybridized carbons (Fsp3) is 0.517. The van der Waals surface area contributed by atoms with Gasteiger partial charge in [0, 0.05) is 32.4 Å². The van der Waals surface area contributed by atoms with Crippen molar-refractivity contribution in [2.75, 3.05) is 33.9 Å². The molecule has 1 aliphatic heterocycles. The van der Waals surface area contributed by atoms with E-state index in [1.807, 2.05) is 54.6 Å². The predicted molar refractivity (Wildman–Crippen MR) is 144 cm³/mol. The summed E-state index contributed by atoms with van der Waals surface area (Å²) in [7, 11) is 3.05. The maximum absolute atomic E-state index is 14.1. The van der Waals surface area contributed by atoms with Gasteiger partial charge in [-0.3, -0.25) is 14.9 Å². The number of ether oxygens (including phenoxy) is 1. The lowest BCUT2D eigenvalue weighted by Crippen LogP contribution is -2.63. The smallest absolute Gasteiger partial charge is 0.249 e. The Bertz CT molecular complexity index is 1110. The minimum absolute atomic E-state index is 0.0109. The van der Waals surface area contributed by atoms with Crippen LogP contribution in [0, 0.1) is 11.1 Å². The molecule has 0 radical (unpaired) electrons. The largest absolute Gasteiger partial charge is 0.632 e. The first kappa shape index (κ1) is 28.9. The van der Waals surface area contributed by atoms with Crippen LogP contribution in [0.3, 0.4) is 0 Å². The standard InChI is InChI=1S/C29H38F2N4O4/c1-35(38)20-32-18-25(35)27(28(37)33-17-22-6-4-3-5-7-22)34(19-23-14-15-29(30,31)16-23)26(36)13-10-21-8-11-24(39-2)12-9-21/h3-9,11-12,23,25,27,32H,10,13-20H2,1-2H3,(H,33,37). The molecule has 1 heterocycles. The third-order valence-corrected chi connectivity index (χ3v) is 7.83. The number of hydroxylamine groups is 3. The van der Waals surface area contributed by atoms with Crippen molar-refractivity contribution in [3.8, 4) is 5.75 Å². The Morgan fingerprint density at radius 3 is 2.49 bits per heavy atom. The highest BCUT2D eigenvalue weighted by Crippen LogP contribution is 2.39. The maximum atomic E-state index is 14.1. The van der Waals surface area contributed by atoms with Gasteiger partial charge in [-0.2, -0.15) is 0 Å². The lowest BCUT2D eigenvalue weighted by Gasteiger charge is -2.45. The number of carbonyl (C=O) groups excluding carboxylic acids is 2. The molecule has 1 saturated heterocycles. The van der Waals surface area contributed by atoms with E-state index < -0.39 is 34.5 Å². The van der Waals surface area contributed by atoms with Crippen molar-refractivity contribution in [3.05, 3.63) is 70.9 Å². The summed E-state index contributed by atoms with van der Waals surface area (Å²) in [6.07, 6.45) is 0.183. The van der Waals surface area contributed by atoms with Crippen molar-refractivity contribution in [3.63, 3.8) is 0 Å². The van der Waals surface area contributed by atoms with Gasteiger partial charge < -0.3 is 24.8 Å². The molecule has 4 unspecified atom stereocenters. The van der Waals surface area contributed by atoms with Crippen molar-refractivity contribution >= 4 is 11.8 Å². The van der Waals surface area contributed by atoms with Crippen LogP contribution in [0.2, 0.25) is 0 Å². The summed E-state index contributed by atoms with van der Waals surface area (Å²) in [6, 6.07) is 14.8. The molecule has 4 rings (SSSR count). The second kappa shape index (κ2) is 12.4. The quantitative estimate of drug-likeness (QED) is 0.334. The monoisotopic (exact) mass is 544 g/mol. The van der Waals surface area contributed by atoms with Crippen LogP contribution in [0.1, 0.15) is 36.8 Å². The van der Waals surface area contributed by atoms with E-state index in [0.717, 1.165) is 11.1 Å². The zero-order valence-electron chi connectivity index (χ0n) is 22.6. The first-order valence-corrected chi connectivity index (χ1v) is 13.5. The molecule has 4 atom stereocenters. The van der Waals surface area contributed by atoms with Gasteiger partial charge in [0.25, 0.3) is 0 Å². The average molecular weight is 545 g/mol. The fourth-order valence-corrected chi connectivity index (χ4v) is 5.60. The molecule has 212 valence electrons. The Morgan fingerprint density at radius 1 is 1.18 bits per heavy atom. The molecule has 0 aromatic heterocycles. The number of quaternary nitrogens is 1. The predicted octanol–water partition coefficient (Wildman–Crippen LogP) is 3.45. The lowest BCUT2D eigenvalue weighted by atomic mass is 9.99. The Kier molecular flexibility index (Phi) is 9.19. The van der Waals surface area contributed by atoms with Gasteiger partial charge in [0.2, 0.25) is 17.7 Å². The molecule has 8 nitrogen and oxygen atoms in total. The van der Waals surface area contributed by atoms with E-state index >= 15 is 0 Å². The highest BCUT2D eigenvalue weighted by molar-refractivity contribution is 5.88. The van der Waals surface area contributed by atoms with E-state index in [1.54, 1.807) is 7.11 Å². The summed E-state index contributed by atoms with van der Waals surface area (Å²) in [4.78, 5) is 28.9. The molecular formula is C29H38F2N4O4.